The summed E-state index contributed by atoms with van der Waals surface area (Å²) in [5.74, 6) is -0.192. The summed E-state index contributed by atoms with van der Waals surface area (Å²) in [5, 5.41) is 12.2. The SMILES string of the molecule is C=CC(C)NC(=O)c1sc2nnc(CC)c(CC)c2c1N. The highest BCUT2D eigenvalue weighted by Crippen LogP contribution is 2.35. The minimum Gasteiger partial charge on any atom is -0.397 e. The minimum absolute atomic E-state index is 0.106. The monoisotopic (exact) mass is 304 g/mol. The first-order valence-electron chi connectivity index (χ1n) is 7.03. The Morgan fingerprint density at radius 1 is 1.43 bits per heavy atom. The highest BCUT2D eigenvalue weighted by Gasteiger charge is 2.21. The summed E-state index contributed by atoms with van der Waals surface area (Å²) in [7, 11) is 0. The van der Waals surface area contributed by atoms with Gasteiger partial charge < -0.3 is 11.1 Å². The standard InChI is InChI=1S/C15H20N4OS/c1-5-8(4)17-14(20)13-12(16)11-9(6-2)10(7-3)18-19-15(11)21-13/h5,8H,1,6-7,16H2,2-4H3,(H,17,20). The van der Waals surface area contributed by atoms with Crippen LogP contribution < -0.4 is 11.1 Å². The van der Waals surface area contributed by atoms with Crippen molar-refractivity contribution in [2.75, 3.05) is 5.73 Å². The number of aryl methyl sites for hydroxylation is 2. The van der Waals surface area contributed by atoms with E-state index in [4.69, 9.17) is 5.73 Å². The van der Waals surface area contributed by atoms with Crippen LogP contribution in [-0.2, 0) is 12.8 Å². The Morgan fingerprint density at radius 2 is 2.14 bits per heavy atom. The molecule has 0 radical (unpaired) electrons. The lowest BCUT2D eigenvalue weighted by atomic mass is 10.1. The molecule has 2 rings (SSSR count). The zero-order valence-electron chi connectivity index (χ0n) is 12.6. The second-order valence-electron chi connectivity index (χ2n) is 4.86. The lowest BCUT2D eigenvalue weighted by molar-refractivity contribution is 0.0952. The smallest absolute Gasteiger partial charge is 0.264 e. The Kier molecular flexibility index (Phi) is 4.57. The molecule has 0 spiro atoms. The summed E-state index contributed by atoms with van der Waals surface area (Å²) in [6.07, 6.45) is 3.30. The van der Waals surface area contributed by atoms with Crippen LogP contribution in [0.3, 0.4) is 0 Å². The van der Waals surface area contributed by atoms with Crippen LogP contribution in [0.5, 0.6) is 0 Å². The van der Waals surface area contributed by atoms with Gasteiger partial charge in [-0.05, 0) is 25.3 Å². The third-order valence-electron chi connectivity index (χ3n) is 3.45. The number of carbonyl (C=O) groups excluding carboxylic acids is 1. The number of nitrogens with two attached hydrogens (primary N) is 1. The Hall–Kier alpha value is -1.95. The number of rotatable bonds is 5. The molecule has 2 aromatic rings. The number of nitrogen functional groups attached to an aromatic ring is 1. The second kappa shape index (κ2) is 6.22. The van der Waals surface area contributed by atoms with Crippen molar-refractivity contribution in [3.8, 4) is 0 Å². The van der Waals surface area contributed by atoms with E-state index in [2.05, 4.69) is 29.0 Å². The van der Waals surface area contributed by atoms with Crippen LogP contribution in [0.1, 0.15) is 41.7 Å². The van der Waals surface area contributed by atoms with Gasteiger partial charge in [0.25, 0.3) is 5.91 Å². The molecule has 112 valence electrons. The number of fused-ring (bicyclic) bond motifs is 1. The van der Waals surface area contributed by atoms with Crippen molar-refractivity contribution in [2.45, 2.75) is 39.7 Å². The molecule has 2 aromatic heterocycles. The van der Waals surface area contributed by atoms with Gasteiger partial charge in [-0.3, -0.25) is 4.79 Å². The largest absolute Gasteiger partial charge is 0.397 e. The van der Waals surface area contributed by atoms with Gasteiger partial charge in [0.15, 0.2) is 0 Å². The van der Waals surface area contributed by atoms with Crippen molar-refractivity contribution in [1.29, 1.82) is 0 Å². The molecule has 2 heterocycles. The third-order valence-corrected chi connectivity index (χ3v) is 4.53. The van der Waals surface area contributed by atoms with Gasteiger partial charge in [-0.1, -0.05) is 19.9 Å². The molecule has 1 unspecified atom stereocenters. The molecule has 5 nitrogen and oxygen atoms in total. The van der Waals surface area contributed by atoms with Gasteiger partial charge in [-0.2, -0.15) is 5.10 Å². The summed E-state index contributed by atoms with van der Waals surface area (Å²) in [5.41, 5.74) is 8.75. The van der Waals surface area contributed by atoms with Crippen LogP contribution in [0.4, 0.5) is 5.69 Å². The Morgan fingerprint density at radius 3 is 2.71 bits per heavy atom. The van der Waals surface area contributed by atoms with Crippen LogP contribution >= 0.6 is 11.3 Å². The van der Waals surface area contributed by atoms with Crippen molar-refractivity contribution < 1.29 is 4.79 Å². The van der Waals surface area contributed by atoms with Gasteiger partial charge in [0.2, 0.25) is 0 Å². The number of aromatic nitrogens is 2. The summed E-state index contributed by atoms with van der Waals surface area (Å²) in [6, 6.07) is -0.106. The van der Waals surface area contributed by atoms with Crippen molar-refractivity contribution >= 4 is 33.1 Å². The molecular weight excluding hydrogens is 284 g/mol. The maximum atomic E-state index is 12.3. The fraction of sp³-hybridized carbons (Fsp3) is 0.400. The number of nitrogens with one attached hydrogen (secondary N) is 1. The first kappa shape index (κ1) is 15.4. The van der Waals surface area contributed by atoms with E-state index in [0.717, 1.165) is 34.3 Å². The van der Waals surface area contributed by atoms with Crippen LogP contribution in [0, 0.1) is 0 Å². The van der Waals surface area contributed by atoms with E-state index < -0.39 is 0 Å². The van der Waals surface area contributed by atoms with Crippen molar-refractivity contribution in [1.82, 2.24) is 15.5 Å². The molecule has 0 bridgehead atoms. The van der Waals surface area contributed by atoms with E-state index in [0.29, 0.717) is 10.6 Å². The average molecular weight is 304 g/mol. The first-order chi connectivity index (χ1) is 10.0. The van der Waals surface area contributed by atoms with Gasteiger partial charge in [0.1, 0.15) is 9.71 Å². The van der Waals surface area contributed by atoms with Crippen LogP contribution in [-0.4, -0.2) is 22.1 Å². The van der Waals surface area contributed by atoms with Gasteiger partial charge in [-0.25, -0.2) is 0 Å². The fourth-order valence-corrected chi connectivity index (χ4v) is 3.24. The van der Waals surface area contributed by atoms with Crippen LogP contribution in [0.25, 0.3) is 10.2 Å². The molecule has 6 heteroatoms. The molecule has 0 aliphatic heterocycles. The van der Waals surface area contributed by atoms with Crippen LogP contribution in [0.15, 0.2) is 12.7 Å². The van der Waals surface area contributed by atoms with E-state index >= 15 is 0 Å². The third kappa shape index (κ3) is 2.76. The van der Waals surface area contributed by atoms with Gasteiger partial charge in [-0.15, -0.1) is 23.0 Å². The van der Waals surface area contributed by atoms with E-state index in [1.807, 2.05) is 13.8 Å². The Labute approximate surface area is 128 Å². The molecule has 21 heavy (non-hydrogen) atoms. The molecule has 0 saturated heterocycles. The molecule has 0 aromatic carbocycles. The maximum Gasteiger partial charge on any atom is 0.264 e. The predicted molar refractivity (Wildman–Crippen MR) is 87.7 cm³/mol. The first-order valence-corrected chi connectivity index (χ1v) is 7.84. The van der Waals surface area contributed by atoms with Crippen molar-refractivity contribution in [3.05, 3.63) is 28.8 Å². The summed E-state index contributed by atoms with van der Waals surface area (Å²) in [4.78, 5) is 13.5. The number of thiophene rings is 1. The highest BCUT2D eigenvalue weighted by atomic mass is 32.1. The number of hydrogen-bond acceptors (Lipinski definition) is 5. The van der Waals surface area contributed by atoms with Gasteiger partial charge in [0.05, 0.1) is 11.4 Å². The zero-order valence-corrected chi connectivity index (χ0v) is 13.4. The quantitative estimate of drug-likeness (QED) is 0.832. The predicted octanol–water partition coefficient (Wildman–Crippen LogP) is 2.70. The fourth-order valence-electron chi connectivity index (χ4n) is 2.27. The molecule has 0 fully saturated rings. The number of carbonyl (C=O) groups is 1. The number of amides is 1. The Bertz CT molecular complexity index is 693. The lowest BCUT2D eigenvalue weighted by Gasteiger charge is -2.08. The summed E-state index contributed by atoms with van der Waals surface area (Å²) < 4.78 is 0. The van der Waals surface area contributed by atoms with E-state index in [-0.39, 0.29) is 11.9 Å². The molecule has 1 atom stereocenters. The summed E-state index contributed by atoms with van der Waals surface area (Å²) in [6.45, 7) is 9.62. The normalized spacial score (nSPS) is 12.3. The van der Waals surface area contributed by atoms with Crippen molar-refractivity contribution in [2.24, 2.45) is 0 Å². The van der Waals surface area contributed by atoms with E-state index in [1.54, 1.807) is 6.08 Å². The zero-order chi connectivity index (χ0) is 15.6. The molecule has 0 saturated carbocycles. The van der Waals surface area contributed by atoms with Gasteiger partial charge >= 0.3 is 0 Å². The number of hydrogen-bond donors (Lipinski definition) is 2. The van der Waals surface area contributed by atoms with E-state index in [1.165, 1.54) is 11.3 Å². The topological polar surface area (TPSA) is 80.9 Å². The summed E-state index contributed by atoms with van der Waals surface area (Å²) >= 11 is 1.29. The average Bonchev–Trinajstić information content (AvgIpc) is 2.83. The second-order valence-corrected chi connectivity index (χ2v) is 5.85. The molecule has 0 aliphatic carbocycles. The number of anilines is 1. The van der Waals surface area contributed by atoms with Gasteiger partial charge in [0, 0.05) is 11.4 Å². The molecule has 3 N–H and O–H groups in total. The molecular formula is C15H20N4OS. The van der Waals surface area contributed by atoms with Crippen LogP contribution in [0.2, 0.25) is 0 Å². The van der Waals surface area contributed by atoms with E-state index in [9.17, 15) is 4.79 Å². The number of nitrogens with zero attached hydrogens (tertiary/aromatic N) is 2. The maximum absolute atomic E-state index is 12.3. The highest BCUT2D eigenvalue weighted by molar-refractivity contribution is 7.21. The Balaban J connectivity index is 2.56. The molecule has 1 amide bonds. The van der Waals surface area contributed by atoms with Crippen molar-refractivity contribution in [3.63, 3.8) is 0 Å². The minimum atomic E-state index is -0.192. The lowest BCUT2D eigenvalue weighted by Crippen LogP contribution is -2.30. The molecule has 0 aliphatic rings.